The molecule has 1 aliphatic heterocycles. The van der Waals surface area contributed by atoms with Gasteiger partial charge < -0.3 is 14.8 Å². The van der Waals surface area contributed by atoms with Crippen molar-refractivity contribution in [2.24, 2.45) is 0 Å². The van der Waals surface area contributed by atoms with Crippen LogP contribution >= 0.6 is 11.3 Å². The van der Waals surface area contributed by atoms with Crippen LogP contribution in [0.25, 0.3) is 4.96 Å². The summed E-state index contributed by atoms with van der Waals surface area (Å²) in [5.74, 6) is 1.57. The molecule has 0 spiro atoms. The fourth-order valence-electron chi connectivity index (χ4n) is 2.23. The minimum absolute atomic E-state index is 0.176. The van der Waals surface area contributed by atoms with Crippen molar-refractivity contribution in [1.82, 2.24) is 14.6 Å². The largest absolute Gasteiger partial charge is 0.454 e. The van der Waals surface area contributed by atoms with E-state index in [2.05, 4.69) is 15.4 Å². The molecule has 0 fully saturated rings. The number of hydrogen-bond donors (Lipinski definition) is 1. The zero-order chi connectivity index (χ0) is 14.9. The Morgan fingerprint density at radius 3 is 3.09 bits per heavy atom. The number of aromatic nitrogens is 3. The van der Waals surface area contributed by atoms with E-state index >= 15 is 0 Å². The molecule has 0 unspecified atom stereocenters. The van der Waals surface area contributed by atoms with Crippen molar-refractivity contribution in [3.8, 4) is 11.5 Å². The fraction of sp³-hybridized carbons (Fsp3) is 0.214. The molecule has 1 aliphatic rings. The highest BCUT2D eigenvalue weighted by molar-refractivity contribution is 7.20. The molecule has 7 nitrogen and oxygen atoms in total. The van der Waals surface area contributed by atoms with Crippen LogP contribution in [0.4, 0.5) is 5.13 Å². The molecule has 112 valence electrons. The lowest BCUT2D eigenvalue weighted by Gasteiger charge is -2.03. The lowest BCUT2D eigenvalue weighted by atomic mass is 10.1. The molecule has 0 saturated heterocycles. The summed E-state index contributed by atoms with van der Waals surface area (Å²) >= 11 is 1.35. The summed E-state index contributed by atoms with van der Waals surface area (Å²) in [5.41, 5.74) is 0.971. The third-order valence-corrected chi connectivity index (χ3v) is 4.18. The summed E-state index contributed by atoms with van der Waals surface area (Å²) in [4.78, 5) is 16.3. The second kappa shape index (κ2) is 5.30. The van der Waals surface area contributed by atoms with Crippen molar-refractivity contribution in [3.05, 3.63) is 46.4 Å². The first-order chi connectivity index (χ1) is 10.8. The van der Waals surface area contributed by atoms with Gasteiger partial charge in [-0.25, -0.2) is 4.98 Å². The predicted octanol–water partition coefficient (Wildman–Crippen LogP) is 1.53. The number of benzene rings is 1. The molecular formula is C14H12N4O3S. The van der Waals surface area contributed by atoms with E-state index < -0.39 is 0 Å². The van der Waals surface area contributed by atoms with Crippen LogP contribution in [0.2, 0.25) is 0 Å². The van der Waals surface area contributed by atoms with Gasteiger partial charge in [0.1, 0.15) is 0 Å². The van der Waals surface area contributed by atoms with Crippen LogP contribution in [0, 0.1) is 0 Å². The van der Waals surface area contributed by atoms with E-state index in [9.17, 15) is 4.79 Å². The van der Waals surface area contributed by atoms with Gasteiger partial charge in [-0.15, -0.1) is 5.10 Å². The zero-order valence-electron chi connectivity index (χ0n) is 11.5. The number of hydrogen-bond acceptors (Lipinski definition) is 7. The van der Waals surface area contributed by atoms with Crippen LogP contribution in [-0.4, -0.2) is 27.9 Å². The maximum atomic E-state index is 11.6. The number of fused-ring (bicyclic) bond motifs is 2. The van der Waals surface area contributed by atoms with Crippen LogP contribution in [-0.2, 0) is 6.42 Å². The van der Waals surface area contributed by atoms with Crippen molar-refractivity contribution < 1.29 is 9.47 Å². The molecule has 0 radical (unpaired) electrons. The molecule has 3 heterocycles. The van der Waals surface area contributed by atoms with E-state index in [-0.39, 0.29) is 12.4 Å². The molecule has 0 atom stereocenters. The summed E-state index contributed by atoms with van der Waals surface area (Å²) in [6.45, 7) is 0.985. The Kier molecular flexibility index (Phi) is 3.15. The third-order valence-electron chi connectivity index (χ3n) is 3.30. The SMILES string of the molecule is O=c1ccnc2sc(NCCc3ccc4c(c3)OCO4)nn12. The summed E-state index contributed by atoms with van der Waals surface area (Å²) in [7, 11) is 0. The minimum atomic E-state index is -0.176. The van der Waals surface area contributed by atoms with Crippen LogP contribution in [0.1, 0.15) is 5.56 Å². The Morgan fingerprint density at radius 1 is 1.27 bits per heavy atom. The van der Waals surface area contributed by atoms with Gasteiger partial charge in [-0.3, -0.25) is 4.79 Å². The van der Waals surface area contributed by atoms with Crippen molar-refractivity contribution in [2.75, 3.05) is 18.7 Å². The van der Waals surface area contributed by atoms with Crippen LogP contribution in [0.3, 0.4) is 0 Å². The zero-order valence-corrected chi connectivity index (χ0v) is 12.3. The highest BCUT2D eigenvalue weighted by Gasteiger charge is 2.13. The van der Waals surface area contributed by atoms with Crippen LogP contribution in [0.15, 0.2) is 35.3 Å². The topological polar surface area (TPSA) is 77.8 Å². The number of rotatable bonds is 4. The monoisotopic (exact) mass is 316 g/mol. The normalized spacial score (nSPS) is 12.7. The van der Waals surface area contributed by atoms with Gasteiger partial charge in [-0.1, -0.05) is 17.4 Å². The van der Waals surface area contributed by atoms with Crippen molar-refractivity contribution in [3.63, 3.8) is 0 Å². The van der Waals surface area contributed by atoms with Gasteiger partial charge in [-0.05, 0) is 24.1 Å². The van der Waals surface area contributed by atoms with Gasteiger partial charge in [0.05, 0.1) is 0 Å². The highest BCUT2D eigenvalue weighted by atomic mass is 32.1. The lowest BCUT2D eigenvalue weighted by Crippen LogP contribution is -2.13. The average molecular weight is 316 g/mol. The number of anilines is 1. The third kappa shape index (κ3) is 2.37. The lowest BCUT2D eigenvalue weighted by molar-refractivity contribution is 0.174. The molecule has 0 bridgehead atoms. The van der Waals surface area contributed by atoms with Crippen molar-refractivity contribution in [1.29, 1.82) is 0 Å². The van der Waals surface area contributed by atoms with Crippen molar-refractivity contribution in [2.45, 2.75) is 6.42 Å². The summed E-state index contributed by atoms with van der Waals surface area (Å²) in [5, 5.41) is 8.10. The quantitative estimate of drug-likeness (QED) is 0.786. The van der Waals surface area contributed by atoms with E-state index in [0.717, 1.165) is 23.5 Å². The molecule has 1 N–H and O–H groups in total. The molecule has 2 aromatic heterocycles. The highest BCUT2D eigenvalue weighted by Crippen LogP contribution is 2.32. The second-order valence-electron chi connectivity index (χ2n) is 4.75. The second-order valence-corrected chi connectivity index (χ2v) is 5.71. The molecule has 1 aromatic carbocycles. The summed E-state index contributed by atoms with van der Waals surface area (Å²) in [6, 6.07) is 7.30. The maximum Gasteiger partial charge on any atom is 0.275 e. The Balaban J connectivity index is 1.44. The van der Waals surface area contributed by atoms with Gasteiger partial charge in [0, 0.05) is 18.8 Å². The minimum Gasteiger partial charge on any atom is -0.454 e. The van der Waals surface area contributed by atoms with Crippen molar-refractivity contribution >= 4 is 21.4 Å². The maximum absolute atomic E-state index is 11.6. The van der Waals surface area contributed by atoms with E-state index in [1.54, 1.807) is 0 Å². The number of nitrogens with zero attached hydrogens (tertiary/aromatic N) is 3. The van der Waals surface area contributed by atoms with Crippen LogP contribution < -0.4 is 20.3 Å². The van der Waals surface area contributed by atoms with Crippen LogP contribution in [0.5, 0.6) is 11.5 Å². The van der Waals surface area contributed by atoms with Gasteiger partial charge in [-0.2, -0.15) is 4.52 Å². The molecule has 0 saturated carbocycles. The molecule has 8 heteroatoms. The molecule has 0 amide bonds. The van der Waals surface area contributed by atoms with E-state index in [4.69, 9.17) is 9.47 Å². The first-order valence-electron chi connectivity index (χ1n) is 6.77. The number of ether oxygens (including phenoxy) is 2. The van der Waals surface area contributed by atoms with E-state index in [1.807, 2.05) is 18.2 Å². The first kappa shape index (κ1) is 13.1. The van der Waals surface area contributed by atoms with Gasteiger partial charge in [0.15, 0.2) is 11.5 Å². The average Bonchev–Trinajstić information content (AvgIpc) is 3.13. The smallest absolute Gasteiger partial charge is 0.275 e. The summed E-state index contributed by atoms with van der Waals surface area (Å²) < 4.78 is 11.9. The standard InChI is InChI=1S/C14H12N4O3S/c19-12-4-6-16-14-18(12)17-13(22-14)15-5-3-9-1-2-10-11(7-9)21-8-20-10/h1-2,4,6-7H,3,5,8H2,(H,15,17). The molecule has 3 aromatic rings. The van der Waals surface area contributed by atoms with Gasteiger partial charge in [0.2, 0.25) is 16.9 Å². The Morgan fingerprint density at radius 2 is 2.18 bits per heavy atom. The molecule has 22 heavy (non-hydrogen) atoms. The fourth-order valence-corrected chi connectivity index (χ4v) is 3.03. The van der Waals surface area contributed by atoms with Gasteiger partial charge in [0.25, 0.3) is 5.56 Å². The first-order valence-corrected chi connectivity index (χ1v) is 7.58. The Hall–Kier alpha value is -2.61. The Bertz CT molecular complexity index is 889. The Labute approximate surface area is 129 Å². The van der Waals surface area contributed by atoms with E-state index in [0.29, 0.717) is 16.6 Å². The number of nitrogens with one attached hydrogen (secondary N) is 1. The predicted molar refractivity (Wildman–Crippen MR) is 81.9 cm³/mol. The summed E-state index contributed by atoms with van der Waals surface area (Å²) in [6.07, 6.45) is 2.31. The molecule has 4 rings (SSSR count). The van der Waals surface area contributed by atoms with Gasteiger partial charge >= 0.3 is 0 Å². The molecule has 0 aliphatic carbocycles. The molecular weight excluding hydrogens is 304 g/mol. The van der Waals surface area contributed by atoms with E-state index in [1.165, 1.54) is 28.1 Å².